The van der Waals surface area contributed by atoms with Crippen LogP contribution in [0.15, 0.2) is 0 Å². The molecule has 0 amide bonds. The van der Waals surface area contributed by atoms with Gasteiger partial charge in [-0.1, -0.05) is 0 Å². The number of hydrogen-bond acceptors (Lipinski definition) is 3. The van der Waals surface area contributed by atoms with Crippen molar-refractivity contribution >= 4 is 45.3 Å². The van der Waals surface area contributed by atoms with Crippen LogP contribution in [-0.2, 0) is 9.28 Å². The van der Waals surface area contributed by atoms with Gasteiger partial charge in [0.05, 0.1) is 0 Å². The Morgan fingerprint density at radius 3 is 1.22 bits per heavy atom. The summed E-state index contributed by atoms with van der Waals surface area (Å²) in [6.07, 6.45) is 36.7. The number of carbonyl (C=O) groups is 1. The molecule has 0 aromatic heterocycles. The van der Waals surface area contributed by atoms with E-state index in [9.17, 15) is 4.79 Å². The summed E-state index contributed by atoms with van der Waals surface area (Å²) in [4.78, 5) is 13.6. The van der Waals surface area contributed by atoms with Gasteiger partial charge in [-0.2, -0.15) is 0 Å². The SMILES string of the molecule is CCCCCCC[CH2][SnH]([O]C(=O)C(CC)CCCC)[O][Sn]([CH2]CCCCCCC)([CH2]CCCCCCC)[CH2]CCCCCCC. The number of carbonyl (C=O) groups excluding carboxylic acids is 1. The molecule has 0 aromatic rings. The van der Waals surface area contributed by atoms with Gasteiger partial charge in [0.25, 0.3) is 0 Å². The second-order valence-corrected chi connectivity index (χ2v) is 35.5. The fourth-order valence-electron chi connectivity index (χ4n) is 6.91. The van der Waals surface area contributed by atoms with Gasteiger partial charge >= 0.3 is 300 Å². The first kappa shape index (κ1) is 46.0. The Morgan fingerprint density at radius 2 is 0.844 bits per heavy atom. The van der Waals surface area contributed by atoms with Crippen molar-refractivity contribution in [2.45, 2.75) is 239 Å². The third-order valence-electron chi connectivity index (χ3n) is 10.1. The zero-order valence-electron chi connectivity index (χ0n) is 32.0. The van der Waals surface area contributed by atoms with Crippen LogP contribution in [0.5, 0.6) is 0 Å². The van der Waals surface area contributed by atoms with Crippen molar-refractivity contribution in [2.24, 2.45) is 5.92 Å². The van der Waals surface area contributed by atoms with Gasteiger partial charge in [-0.05, 0) is 0 Å². The zero-order chi connectivity index (χ0) is 33.3. The molecule has 0 aliphatic carbocycles. The summed E-state index contributed by atoms with van der Waals surface area (Å²) in [5.74, 6) is 0.203. The molecule has 0 saturated carbocycles. The van der Waals surface area contributed by atoms with Crippen LogP contribution >= 0.6 is 0 Å². The molecule has 0 N–H and O–H groups in total. The summed E-state index contributed by atoms with van der Waals surface area (Å²) >= 11 is -5.88. The van der Waals surface area contributed by atoms with E-state index in [1.807, 2.05) is 0 Å². The average molecular weight is 851 g/mol. The Hall–Kier alpha value is 1.03. The molecular formula is C40H84O3Sn2. The molecule has 2 unspecified atom stereocenters. The summed E-state index contributed by atoms with van der Waals surface area (Å²) in [6, 6.07) is 0. The topological polar surface area (TPSA) is 35.5 Å². The average Bonchev–Trinajstić information content (AvgIpc) is 3.04. The predicted octanol–water partition coefficient (Wildman–Crippen LogP) is 14.4. The van der Waals surface area contributed by atoms with E-state index in [1.165, 1.54) is 167 Å². The molecule has 0 bridgehead atoms. The fourth-order valence-corrected chi connectivity index (χ4v) is 43.8. The van der Waals surface area contributed by atoms with Crippen LogP contribution in [0.4, 0.5) is 0 Å². The van der Waals surface area contributed by atoms with E-state index in [1.54, 1.807) is 0 Å². The van der Waals surface area contributed by atoms with Crippen molar-refractivity contribution in [1.29, 1.82) is 0 Å². The first-order valence-electron chi connectivity index (χ1n) is 20.9. The van der Waals surface area contributed by atoms with Crippen molar-refractivity contribution in [2.75, 3.05) is 0 Å². The van der Waals surface area contributed by atoms with Crippen molar-refractivity contribution in [3.05, 3.63) is 0 Å². The summed E-state index contributed by atoms with van der Waals surface area (Å²) < 4.78 is 19.6. The zero-order valence-corrected chi connectivity index (χ0v) is 38.2. The molecule has 0 aliphatic heterocycles. The van der Waals surface area contributed by atoms with Crippen molar-refractivity contribution in [3.8, 4) is 0 Å². The normalized spacial score (nSPS) is 13.3. The molecule has 270 valence electrons. The maximum atomic E-state index is 13.6. The number of hydrogen-bond donors (Lipinski definition) is 0. The van der Waals surface area contributed by atoms with Crippen LogP contribution in [-0.4, -0.2) is 45.3 Å². The molecule has 0 aromatic carbocycles. The van der Waals surface area contributed by atoms with Gasteiger partial charge in [0.2, 0.25) is 0 Å². The van der Waals surface area contributed by atoms with Gasteiger partial charge in [0.15, 0.2) is 0 Å². The molecular weight excluding hydrogens is 766 g/mol. The molecule has 0 fully saturated rings. The van der Waals surface area contributed by atoms with E-state index in [0.29, 0.717) is 0 Å². The summed E-state index contributed by atoms with van der Waals surface area (Å²) in [7, 11) is 0. The van der Waals surface area contributed by atoms with Gasteiger partial charge in [0, 0.05) is 0 Å². The van der Waals surface area contributed by atoms with E-state index in [4.69, 9.17) is 4.49 Å². The standard InChI is InChI=1S/C8H16O2.4C8H17.O.2Sn.H/c1-3-5-6-7(4-2)8(9)10;4*1-3-5-7-8-6-4-2;;;;/h7H,3-6H2,1-2H3,(H,9,10);4*1,3-8H2,2H3;;;;/q;;;;;;;+1;/p-1. The van der Waals surface area contributed by atoms with Gasteiger partial charge in [-0.3, -0.25) is 0 Å². The van der Waals surface area contributed by atoms with Crippen molar-refractivity contribution in [1.82, 2.24) is 0 Å². The third-order valence-corrected chi connectivity index (χ3v) is 41.6. The van der Waals surface area contributed by atoms with Crippen LogP contribution in [0.3, 0.4) is 0 Å². The maximum absolute atomic E-state index is 13.6. The molecule has 0 rings (SSSR count). The molecule has 5 heteroatoms. The molecule has 0 saturated heterocycles. The molecule has 0 spiro atoms. The monoisotopic (exact) mass is 852 g/mol. The Balaban J connectivity index is 5.87. The Bertz CT molecular complexity index is 574. The van der Waals surface area contributed by atoms with Crippen molar-refractivity contribution < 1.29 is 9.28 Å². The van der Waals surface area contributed by atoms with Crippen LogP contribution < -0.4 is 0 Å². The molecule has 2 atom stereocenters. The second kappa shape index (κ2) is 34.9. The Morgan fingerprint density at radius 1 is 0.489 bits per heavy atom. The quantitative estimate of drug-likeness (QED) is 0.0465. The van der Waals surface area contributed by atoms with E-state index in [0.717, 1.165) is 30.1 Å². The second-order valence-electron chi connectivity index (χ2n) is 14.5. The van der Waals surface area contributed by atoms with Crippen molar-refractivity contribution in [3.63, 3.8) is 0 Å². The summed E-state index contributed by atoms with van der Waals surface area (Å²) in [6.45, 7) is 13.7. The molecule has 0 heterocycles. The van der Waals surface area contributed by atoms with E-state index < -0.39 is 39.4 Å². The number of unbranched alkanes of at least 4 members (excludes halogenated alkanes) is 21. The van der Waals surface area contributed by atoms with E-state index in [2.05, 4.69) is 41.5 Å². The van der Waals surface area contributed by atoms with Crippen LogP contribution in [0.25, 0.3) is 0 Å². The van der Waals surface area contributed by atoms with Crippen LogP contribution in [0.2, 0.25) is 17.7 Å². The fraction of sp³-hybridized carbons (Fsp3) is 0.975. The molecule has 3 nitrogen and oxygen atoms in total. The minimum atomic E-state index is -2.94. The third kappa shape index (κ3) is 27.5. The summed E-state index contributed by atoms with van der Waals surface area (Å²) in [5, 5.41) is 0. The summed E-state index contributed by atoms with van der Waals surface area (Å²) in [5.41, 5.74) is 0. The number of rotatable bonds is 36. The first-order chi connectivity index (χ1) is 22.0. The van der Waals surface area contributed by atoms with E-state index >= 15 is 0 Å². The molecule has 45 heavy (non-hydrogen) atoms. The Kier molecular flexibility index (Phi) is 35.7. The Labute approximate surface area is 297 Å². The molecule has 0 radical (unpaired) electrons. The minimum absolute atomic E-state index is 0.0811. The van der Waals surface area contributed by atoms with E-state index in [-0.39, 0.29) is 11.9 Å². The van der Waals surface area contributed by atoms with Gasteiger partial charge in [-0.25, -0.2) is 0 Å². The van der Waals surface area contributed by atoms with Crippen LogP contribution in [0, 0.1) is 5.92 Å². The van der Waals surface area contributed by atoms with Gasteiger partial charge in [-0.15, -0.1) is 0 Å². The van der Waals surface area contributed by atoms with Gasteiger partial charge in [0.1, 0.15) is 0 Å². The molecule has 0 aliphatic rings. The predicted molar refractivity (Wildman–Crippen MR) is 206 cm³/mol. The van der Waals surface area contributed by atoms with Crippen LogP contribution in [0.1, 0.15) is 221 Å². The van der Waals surface area contributed by atoms with Gasteiger partial charge < -0.3 is 0 Å². The first-order valence-corrected chi connectivity index (χ1v) is 33.1.